The predicted molar refractivity (Wildman–Crippen MR) is 121 cm³/mol. The van der Waals surface area contributed by atoms with Crippen molar-refractivity contribution < 1.29 is 4.79 Å². The third-order valence-electron chi connectivity index (χ3n) is 7.63. The van der Waals surface area contributed by atoms with Crippen molar-refractivity contribution in [1.29, 1.82) is 0 Å². The van der Waals surface area contributed by atoms with Crippen molar-refractivity contribution in [2.75, 3.05) is 36.9 Å². The average molecular weight is 398 g/mol. The molecule has 3 fully saturated rings. The molecule has 1 aliphatic carbocycles. The first-order chi connectivity index (χ1) is 14.1. The van der Waals surface area contributed by atoms with E-state index in [1.165, 1.54) is 63.7 Å². The predicted octanol–water partition coefficient (Wildman–Crippen LogP) is 5.15. The normalized spacial score (nSPS) is 29.8. The van der Waals surface area contributed by atoms with E-state index in [0.29, 0.717) is 6.04 Å². The first-order valence-corrected chi connectivity index (χ1v) is 12.0. The van der Waals surface area contributed by atoms with Crippen LogP contribution in [0.2, 0.25) is 0 Å². The summed E-state index contributed by atoms with van der Waals surface area (Å²) in [6, 6.07) is 9.24. The van der Waals surface area contributed by atoms with Gasteiger partial charge in [0.25, 0.3) is 0 Å². The number of hydrogen-bond donors (Lipinski definition) is 1. The maximum Gasteiger partial charge on any atom is 0.227 e. The molecule has 2 atom stereocenters. The number of likely N-dealkylation sites (tertiary alicyclic amines) is 1. The van der Waals surface area contributed by atoms with Crippen LogP contribution in [-0.2, 0) is 4.79 Å². The summed E-state index contributed by atoms with van der Waals surface area (Å²) >= 11 is 0. The molecule has 4 rings (SSSR count). The molecule has 1 amide bonds. The molecule has 2 heterocycles. The highest BCUT2D eigenvalue weighted by atomic mass is 16.1. The lowest BCUT2D eigenvalue weighted by molar-refractivity contribution is -0.121. The molecule has 0 spiro atoms. The Morgan fingerprint density at radius 3 is 2.52 bits per heavy atom. The molecule has 4 nitrogen and oxygen atoms in total. The summed E-state index contributed by atoms with van der Waals surface area (Å²) < 4.78 is 0. The zero-order valence-corrected chi connectivity index (χ0v) is 18.4. The number of anilines is 2. The van der Waals surface area contributed by atoms with Gasteiger partial charge < -0.3 is 15.1 Å². The lowest BCUT2D eigenvalue weighted by Crippen LogP contribution is -2.34. The van der Waals surface area contributed by atoms with Crippen LogP contribution in [0.3, 0.4) is 0 Å². The van der Waals surface area contributed by atoms with Gasteiger partial charge in [0.1, 0.15) is 0 Å². The smallest absolute Gasteiger partial charge is 0.227 e. The Bertz CT molecular complexity index is 665. The minimum Gasteiger partial charge on any atom is -0.367 e. The van der Waals surface area contributed by atoms with Crippen molar-refractivity contribution in [3.8, 4) is 0 Å². The van der Waals surface area contributed by atoms with Crippen LogP contribution in [0.1, 0.15) is 64.7 Å². The minimum atomic E-state index is 0.200. The number of likely N-dealkylation sites (N-methyl/N-ethyl adjacent to an activating group) is 1. The second-order valence-electron chi connectivity index (χ2n) is 9.78. The van der Waals surface area contributed by atoms with Crippen LogP contribution in [0.4, 0.5) is 11.4 Å². The number of carbonyl (C=O) groups excluding carboxylic acids is 1. The number of benzene rings is 1. The summed E-state index contributed by atoms with van der Waals surface area (Å²) in [4.78, 5) is 17.8. The topological polar surface area (TPSA) is 35.6 Å². The number of nitrogens with zero attached hydrogens (tertiary/aromatic N) is 2. The van der Waals surface area contributed by atoms with Gasteiger partial charge >= 0.3 is 0 Å². The van der Waals surface area contributed by atoms with Crippen LogP contribution in [0, 0.1) is 17.8 Å². The van der Waals surface area contributed by atoms with Crippen molar-refractivity contribution >= 4 is 17.3 Å². The van der Waals surface area contributed by atoms with E-state index in [9.17, 15) is 4.79 Å². The van der Waals surface area contributed by atoms with Gasteiger partial charge in [-0.05, 0) is 75.3 Å². The number of fused-ring (bicyclic) bond motifs is 1. The number of nitrogens with one attached hydrogen (secondary N) is 1. The minimum absolute atomic E-state index is 0.200. The Balaban J connectivity index is 1.26. The molecule has 2 aliphatic heterocycles. The number of rotatable bonds is 7. The van der Waals surface area contributed by atoms with E-state index in [-0.39, 0.29) is 11.8 Å². The molecule has 2 saturated heterocycles. The SMILES string of the molecule is CCCCC[C@H]1CC[C@H](C(=O)Nc2ccc(N3CC[C@H]4CN(C)C[C@H]43)cc2)CC1. The highest BCUT2D eigenvalue weighted by molar-refractivity contribution is 5.92. The van der Waals surface area contributed by atoms with Crippen LogP contribution >= 0.6 is 0 Å². The van der Waals surface area contributed by atoms with E-state index in [4.69, 9.17) is 0 Å². The summed E-state index contributed by atoms with van der Waals surface area (Å²) in [6.07, 6.45) is 11.2. The monoisotopic (exact) mass is 397 g/mol. The van der Waals surface area contributed by atoms with E-state index in [1.54, 1.807) is 0 Å². The van der Waals surface area contributed by atoms with E-state index < -0.39 is 0 Å². The molecular formula is C25H39N3O. The fourth-order valence-electron chi connectivity index (χ4n) is 5.87. The fourth-order valence-corrected chi connectivity index (χ4v) is 5.87. The maximum absolute atomic E-state index is 12.7. The molecule has 160 valence electrons. The van der Waals surface area contributed by atoms with Crippen LogP contribution < -0.4 is 10.2 Å². The largest absolute Gasteiger partial charge is 0.367 e. The molecule has 1 saturated carbocycles. The van der Waals surface area contributed by atoms with Gasteiger partial charge in [0, 0.05) is 43.0 Å². The number of hydrogen-bond acceptors (Lipinski definition) is 3. The second kappa shape index (κ2) is 9.51. The Labute approximate surface area is 177 Å². The molecule has 29 heavy (non-hydrogen) atoms. The van der Waals surface area contributed by atoms with Crippen molar-refractivity contribution in [2.24, 2.45) is 17.8 Å². The summed E-state index contributed by atoms with van der Waals surface area (Å²) in [7, 11) is 2.23. The lowest BCUT2D eigenvalue weighted by Gasteiger charge is -2.28. The van der Waals surface area contributed by atoms with Gasteiger partial charge in [0.15, 0.2) is 0 Å². The highest BCUT2D eigenvalue weighted by Gasteiger charge is 2.40. The van der Waals surface area contributed by atoms with Gasteiger partial charge in [-0.2, -0.15) is 0 Å². The van der Waals surface area contributed by atoms with Crippen molar-refractivity contribution in [1.82, 2.24) is 4.90 Å². The quantitative estimate of drug-likeness (QED) is 0.646. The van der Waals surface area contributed by atoms with E-state index >= 15 is 0 Å². The molecule has 0 radical (unpaired) electrons. The van der Waals surface area contributed by atoms with Crippen molar-refractivity contribution in [2.45, 2.75) is 70.8 Å². The summed E-state index contributed by atoms with van der Waals surface area (Å²) in [6.45, 7) is 5.83. The summed E-state index contributed by atoms with van der Waals surface area (Å²) in [5.74, 6) is 2.09. The fraction of sp³-hybridized carbons (Fsp3) is 0.720. The van der Waals surface area contributed by atoms with Gasteiger partial charge in [-0.25, -0.2) is 0 Å². The van der Waals surface area contributed by atoms with E-state index in [1.807, 2.05) is 0 Å². The first kappa shape index (κ1) is 20.7. The van der Waals surface area contributed by atoms with Gasteiger partial charge in [0.2, 0.25) is 5.91 Å². The third kappa shape index (κ3) is 4.96. The zero-order valence-electron chi connectivity index (χ0n) is 18.4. The maximum atomic E-state index is 12.7. The standard InChI is InChI=1S/C25H39N3O/c1-3-4-5-6-19-7-9-20(10-8-19)25(29)26-22-11-13-23(14-12-22)28-16-15-21-17-27(2)18-24(21)28/h11-14,19-21,24H,3-10,15-18H2,1-2H3,(H,26,29)/t19-,20-,21-,24+/m0/s1. The van der Waals surface area contributed by atoms with Gasteiger partial charge in [-0.1, -0.05) is 32.6 Å². The lowest BCUT2D eigenvalue weighted by atomic mass is 9.79. The molecule has 0 aromatic heterocycles. The highest BCUT2D eigenvalue weighted by Crippen LogP contribution is 2.35. The molecule has 0 unspecified atom stereocenters. The molecule has 3 aliphatic rings. The van der Waals surface area contributed by atoms with E-state index in [0.717, 1.165) is 36.9 Å². The molecule has 4 heteroatoms. The number of amides is 1. The molecule has 1 aromatic carbocycles. The molecular weight excluding hydrogens is 358 g/mol. The van der Waals surface area contributed by atoms with Crippen LogP contribution in [-0.4, -0.2) is 43.5 Å². The van der Waals surface area contributed by atoms with Crippen LogP contribution in [0.5, 0.6) is 0 Å². The number of unbranched alkanes of at least 4 members (excludes halogenated alkanes) is 2. The third-order valence-corrected chi connectivity index (χ3v) is 7.63. The van der Waals surface area contributed by atoms with Gasteiger partial charge in [-0.3, -0.25) is 4.79 Å². The summed E-state index contributed by atoms with van der Waals surface area (Å²) in [5.41, 5.74) is 2.25. The summed E-state index contributed by atoms with van der Waals surface area (Å²) in [5, 5.41) is 3.18. The Morgan fingerprint density at radius 2 is 1.79 bits per heavy atom. The van der Waals surface area contributed by atoms with Crippen LogP contribution in [0.25, 0.3) is 0 Å². The molecule has 1 N–H and O–H groups in total. The van der Waals surface area contributed by atoms with Gasteiger partial charge in [0.05, 0.1) is 0 Å². The average Bonchev–Trinajstić information content (AvgIpc) is 3.28. The van der Waals surface area contributed by atoms with Crippen LogP contribution in [0.15, 0.2) is 24.3 Å². The second-order valence-corrected chi connectivity index (χ2v) is 9.78. The van der Waals surface area contributed by atoms with Crippen molar-refractivity contribution in [3.05, 3.63) is 24.3 Å². The first-order valence-electron chi connectivity index (χ1n) is 12.0. The Kier molecular flexibility index (Phi) is 6.79. The van der Waals surface area contributed by atoms with Gasteiger partial charge in [-0.15, -0.1) is 0 Å². The molecule has 1 aromatic rings. The van der Waals surface area contributed by atoms with E-state index in [2.05, 4.69) is 53.4 Å². The van der Waals surface area contributed by atoms with Crippen molar-refractivity contribution in [3.63, 3.8) is 0 Å². The zero-order chi connectivity index (χ0) is 20.2. The Hall–Kier alpha value is -1.55. The molecule has 0 bridgehead atoms. The Morgan fingerprint density at radius 1 is 1.03 bits per heavy atom. The number of carbonyl (C=O) groups is 1.